The lowest BCUT2D eigenvalue weighted by Gasteiger charge is -2.04. The molecule has 3 heterocycles. The molecule has 4 aromatic rings. The predicted molar refractivity (Wildman–Crippen MR) is 89.8 cm³/mol. The van der Waals surface area contributed by atoms with E-state index in [1.54, 1.807) is 12.3 Å². The molecule has 0 unspecified atom stereocenters. The second-order valence-electron chi connectivity index (χ2n) is 5.23. The standard InChI is InChI=1S/C17H13N5O/c18-12-3-1-2-10(6-12)14-7-11(4-5-19-14)15-8-13-16(22-15)20-9-21-17(13)23/h1-9H,18H2,(H2,20,21,22,23). The summed E-state index contributed by atoms with van der Waals surface area (Å²) >= 11 is 0. The quantitative estimate of drug-likeness (QED) is 0.495. The van der Waals surface area contributed by atoms with Crippen LogP contribution in [0.4, 0.5) is 5.69 Å². The summed E-state index contributed by atoms with van der Waals surface area (Å²) < 4.78 is 0. The first-order chi connectivity index (χ1) is 11.2. The summed E-state index contributed by atoms with van der Waals surface area (Å²) in [6.45, 7) is 0. The number of rotatable bonds is 2. The highest BCUT2D eigenvalue weighted by atomic mass is 16.1. The number of H-pyrrole nitrogens is 2. The van der Waals surface area contributed by atoms with Crippen LogP contribution in [-0.2, 0) is 0 Å². The number of anilines is 1. The Balaban J connectivity index is 1.84. The number of nitrogen functional groups attached to an aromatic ring is 1. The molecule has 0 saturated heterocycles. The molecule has 3 aromatic heterocycles. The van der Waals surface area contributed by atoms with E-state index in [-0.39, 0.29) is 5.56 Å². The normalized spacial score (nSPS) is 11.0. The van der Waals surface area contributed by atoms with Gasteiger partial charge in [-0.05, 0) is 30.3 Å². The van der Waals surface area contributed by atoms with E-state index in [9.17, 15) is 4.79 Å². The molecular weight excluding hydrogens is 290 g/mol. The van der Waals surface area contributed by atoms with Crippen LogP contribution in [0, 0.1) is 0 Å². The number of aromatic amines is 2. The molecule has 0 atom stereocenters. The van der Waals surface area contributed by atoms with Crippen LogP contribution < -0.4 is 11.3 Å². The van der Waals surface area contributed by atoms with E-state index in [2.05, 4.69) is 19.9 Å². The topological polar surface area (TPSA) is 100 Å². The Bertz CT molecular complexity index is 1060. The SMILES string of the molecule is Nc1cccc(-c2cc(-c3cc4c(=O)[nH]cnc4[nH]3)ccn2)c1. The second kappa shape index (κ2) is 5.10. The Labute approximate surface area is 131 Å². The summed E-state index contributed by atoms with van der Waals surface area (Å²) in [4.78, 5) is 26.1. The maximum absolute atomic E-state index is 11.8. The number of hydrogen-bond acceptors (Lipinski definition) is 4. The van der Waals surface area contributed by atoms with Gasteiger partial charge in [0.2, 0.25) is 0 Å². The van der Waals surface area contributed by atoms with E-state index < -0.39 is 0 Å². The van der Waals surface area contributed by atoms with Gasteiger partial charge in [-0.2, -0.15) is 0 Å². The molecule has 0 fully saturated rings. The largest absolute Gasteiger partial charge is 0.399 e. The van der Waals surface area contributed by atoms with Crippen LogP contribution in [0.3, 0.4) is 0 Å². The van der Waals surface area contributed by atoms with Crippen molar-refractivity contribution in [3.63, 3.8) is 0 Å². The molecule has 0 radical (unpaired) electrons. The van der Waals surface area contributed by atoms with E-state index in [1.165, 1.54) is 6.33 Å². The predicted octanol–water partition coefficient (Wildman–Crippen LogP) is 2.56. The number of nitrogens with zero attached hydrogens (tertiary/aromatic N) is 2. The molecule has 0 bridgehead atoms. The van der Waals surface area contributed by atoms with Crippen molar-refractivity contribution >= 4 is 16.7 Å². The first-order valence-electron chi connectivity index (χ1n) is 7.09. The number of pyridine rings is 1. The molecule has 112 valence electrons. The fourth-order valence-electron chi connectivity index (χ4n) is 2.56. The second-order valence-corrected chi connectivity index (χ2v) is 5.23. The van der Waals surface area contributed by atoms with Crippen molar-refractivity contribution in [1.29, 1.82) is 0 Å². The summed E-state index contributed by atoms with van der Waals surface area (Å²) in [7, 11) is 0. The molecule has 6 nitrogen and oxygen atoms in total. The molecule has 0 saturated carbocycles. The van der Waals surface area contributed by atoms with Crippen molar-refractivity contribution in [2.24, 2.45) is 0 Å². The number of fused-ring (bicyclic) bond motifs is 1. The van der Waals surface area contributed by atoms with E-state index in [0.717, 1.165) is 22.5 Å². The fourth-order valence-corrected chi connectivity index (χ4v) is 2.56. The van der Waals surface area contributed by atoms with E-state index in [0.29, 0.717) is 16.7 Å². The first kappa shape index (κ1) is 13.3. The molecule has 6 heteroatoms. The lowest BCUT2D eigenvalue weighted by molar-refractivity contribution is 1.16. The Kier molecular flexibility index (Phi) is 2.94. The zero-order valence-corrected chi connectivity index (χ0v) is 12.1. The van der Waals surface area contributed by atoms with Crippen LogP contribution in [-0.4, -0.2) is 19.9 Å². The third-order valence-electron chi connectivity index (χ3n) is 3.68. The molecule has 23 heavy (non-hydrogen) atoms. The molecule has 0 spiro atoms. The highest BCUT2D eigenvalue weighted by molar-refractivity contribution is 5.83. The number of nitrogens with two attached hydrogens (primary N) is 1. The fraction of sp³-hybridized carbons (Fsp3) is 0. The van der Waals surface area contributed by atoms with E-state index >= 15 is 0 Å². The van der Waals surface area contributed by atoms with Crippen molar-refractivity contribution in [1.82, 2.24) is 19.9 Å². The highest BCUT2D eigenvalue weighted by Crippen LogP contribution is 2.26. The molecule has 0 aliphatic rings. The van der Waals surface area contributed by atoms with Gasteiger partial charge in [-0.15, -0.1) is 0 Å². The minimum absolute atomic E-state index is 0.164. The highest BCUT2D eigenvalue weighted by Gasteiger charge is 2.08. The van der Waals surface area contributed by atoms with Gasteiger partial charge < -0.3 is 15.7 Å². The number of hydrogen-bond donors (Lipinski definition) is 3. The van der Waals surface area contributed by atoms with Gasteiger partial charge in [-0.3, -0.25) is 9.78 Å². The third kappa shape index (κ3) is 2.36. The monoisotopic (exact) mass is 303 g/mol. The van der Waals surface area contributed by atoms with Gasteiger partial charge in [0, 0.05) is 28.7 Å². The zero-order valence-electron chi connectivity index (χ0n) is 12.1. The lowest BCUT2D eigenvalue weighted by atomic mass is 10.1. The molecule has 4 N–H and O–H groups in total. The number of aromatic nitrogens is 4. The molecule has 0 aliphatic carbocycles. The Morgan fingerprint density at radius 1 is 1.00 bits per heavy atom. The van der Waals surface area contributed by atoms with Gasteiger partial charge in [0.25, 0.3) is 5.56 Å². The van der Waals surface area contributed by atoms with Crippen LogP contribution >= 0.6 is 0 Å². The van der Waals surface area contributed by atoms with Crippen LogP contribution in [0.5, 0.6) is 0 Å². The summed E-state index contributed by atoms with van der Waals surface area (Å²) in [6.07, 6.45) is 3.12. The van der Waals surface area contributed by atoms with Crippen molar-refractivity contribution < 1.29 is 0 Å². The Morgan fingerprint density at radius 2 is 1.91 bits per heavy atom. The maximum atomic E-state index is 11.8. The minimum atomic E-state index is -0.164. The van der Waals surface area contributed by atoms with Crippen molar-refractivity contribution in [2.75, 3.05) is 5.73 Å². The minimum Gasteiger partial charge on any atom is -0.399 e. The van der Waals surface area contributed by atoms with Gasteiger partial charge in [0.05, 0.1) is 17.4 Å². The molecular formula is C17H13N5O. The summed E-state index contributed by atoms with van der Waals surface area (Å²) in [5.41, 5.74) is 10.4. The summed E-state index contributed by atoms with van der Waals surface area (Å²) in [6, 6.07) is 13.2. The molecule has 0 aliphatic heterocycles. The van der Waals surface area contributed by atoms with Crippen LogP contribution in [0.1, 0.15) is 0 Å². The van der Waals surface area contributed by atoms with E-state index in [1.807, 2.05) is 36.4 Å². The zero-order chi connectivity index (χ0) is 15.8. The number of benzene rings is 1. The van der Waals surface area contributed by atoms with Gasteiger partial charge in [-0.1, -0.05) is 12.1 Å². The van der Waals surface area contributed by atoms with Crippen molar-refractivity contribution in [3.8, 4) is 22.5 Å². The summed E-state index contributed by atoms with van der Waals surface area (Å²) in [5, 5.41) is 0.532. The molecule has 0 amide bonds. The van der Waals surface area contributed by atoms with E-state index in [4.69, 9.17) is 5.73 Å². The third-order valence-corrected chi connectivity index (χ3v) is 3.68. The van der Waals surface area contributed by atoms with Gasteiger partial charge >= 0.3 is 0 Å². The Morgan fingerprint density at radius 3 is 2.74 bits per heavy atom. The van der Waals surface area contributed by atoms with Crippen LogP contribution in [0.15, 0.2) is 59.8 Å². The number of nitrogens with one attached hydrogen (secondary N) is 2. The van der Waals surface area contributed by atoms with Gasteiger partial charge in [-0.25, -0.2) is 4.98 Å². The lowest BCUT2D eigenvalue weighted by Crippen LogP contribution is -2.04. The molecule has 4 rings (SSSR count). The average Bonchev–Trinajstić information content (AvgIpc) is 3.01. The van der Waals surface area contributed by atoms with Crippen molar-refractivity contribution in [3.05, 3.63) is 65.3 Å². The van der Waals surface area contributed by atoms with Crippen LogP contribution in [0.2, 0.25) is 0 Å². The Hall–Kier alpha value is -3.41. The molecule has 1 aromatic carbocycles. The van der Waals surface area contributed by atoms with Crippen molar-refractivity contribution in [2.45, 2.75) is 0 Å². The summed E-state index contributed by atoms with van der Waals surface area (Å²) in [5.74, 6) is 0. The van der Waals surface area contributed by atoms with Gasteiger partial charge in [0.1, 0.15) is 5.65 Å². The van der Waals surface area contributed by atoms with Gasteiger partial charge in [0.15, 0.2) is 0 Å². The smallest absolute Gasteiger partial charge is 0.260 e. The van der Waals surface area contributed by atoms with Crippen LogP contribution in [0.25, 0.3) is 33.5 Å². The average molecular weight is 303 g/mol. The maximum Gasteiger partial charge on any atom is 0.260 e. The first-order valence-corrected chi connectivity index (χ1v) is 7.09.